The summed E-state index contributed by atoms with van der Waals surface area (Å²) in [6.45, 7) is 7.20. The summed E-state index contributed by atoms with van der Waals surface area (Å²) in [5.74, 6) is 2.24. The van der Waals surface area contributed by atoms with E-state index in [1.54, 1.807) is 0 Å². The molecule has 5 nitrogen and oxygen atoms in total. The molecule has 1 aromatic heterocycles. The van der Waals surface area contributed by atoms with Gasteiger partial charge in [0.1, 0.15) is 18.1 Å². The Morgan fingerprint density at radius 3 is 2.72 bits per heavy atom. The maximum absolute atomic E-state index is 6.33. The first-order valence-corrected chi connectivity index (χ1v) is 8.88. The maximum Gasteiger partial charge on any atom is 0.216 e. The van der Waals surface area contributed by atoms with Crippen molar-refractivity contribution in [3.8, 4) is 5.75 Å². The fraction of sp³-hybridized carbons (Fsp3) is 0.474. The van der Waals surface area contributed by atoms with Crippen LogP contribution in [0.4, 0.5) is 0 Å². The van der Waals surface area contributed by atoms with Crippen molar-refractivity contribution < 1.29 is 14.0 Å². The van der Waals surface area contributed by atoms with E-state index in [1.807, 2.05) is 45.0 Å². The molecule has 0 bridgehead atoms. The predicted octanol–water partition coefficient (Wildman–Crippen LogP) is 4.59. The number of rotatable bonds is 7. The fourth-order valence-electron chi connectivity index (χ4n) is 2.60. The highest BCUT2D eigenvalue weighted by Crippen LogP contribution is 2.28. The number of hydrogen-bond acceptors (Lipinski definition) is 5. The van der Waals surface area contributed by atoms with Gasteiger partial charge in [0, 0.05) is 18.1 Å². The third kappa shape index (κ3) is 4.75. The van der Waals surface area contributed by atoms with Crippen LogP contribution in [0.15, 0.2) is 33.8 Å². The highest BCUT2D eigenvalue weighted by molar-refractivity contribution is 6.32. The Morgan fingerprint density at radius 2 is 2.08 bits per heavy atom. The average Bonchev–Trinajstić information content (AvgIpc) is 3.13. The van der Waals surface area contributed by atoms with Crippen LogP contribution in [0.1, 0.15) is 43.7 Å². The lowest BCUT2D eigenvalue weighted by atomic mass is 10.1. The van der Waals surface area contributed by atoms with Crippen molar-refractivity contribution >= 4 is 17.5 Å². The second kappa shape index (κ2) is 7.48. The van der Waals surface area contributed by atoms with E-state index >= 15 is 0 Å². The van der Waals surface area contributed by atoms with Crippen molar-refractivity contribution in [3.63, 3.8) is 0 Å². The Morgan fingerprint density at radius 1 is 1.24 bits per heavy atom. The van der Waals surface area contributed by atoms with E-state index in [0.29, 0.717) is 29.9 Å². The Kier molecular flexibility index (Phi) is 5.33. The molecule has 0 saturated carbocycles. The van der Waals surface area contributed by atoms with Crippen molar-refractivity contribution in [2.24, 2.45) is 4.99 Å². The third-order valence-electron chi connectivity index (χ3n) is 3.90. The molecule has 0 aliphatic carbocycles. The number of hydrogen-bond donors (Lipinski definition) is 0. The minimum atomic E-state index is -0.182. The predicted molar refractivity (Wildman–Crippen MR) is 97.7 cm³/mol. The molecule has 1 aromatic carbocycles. The molecule has 0 unspecified atom stereocenters. The Labute approximate surface area is 153 Å². The lowest BCUT2D eigenvalue weighted by Crippen LogP contribution is -2.17. The standard InChI is InChI=1S/C19H23ClN2O3/c1-13-10-15(25-22-13)6-4-5-9-23-17-8-7-14(11-16(17)20)18-21-19(2,3)12-24-18/h7-8,10-11H,4-6,9,12H2,1-3H3. The number of aliphatic imine (C=N–C) groups is 1. The van der Waals surface area contributed by atoms with E-state index in [0.717, 1.165) is 36.3 Å². The molecule has 0 atom stereocenters. The van der Waals surface area contributed by atoms with Crippen LogP contribution in [0, 0.1) is 6.92 Å². The van der Waals surface area contributed by atoms with Gasteiger partial charge < -0.3 is 14.0 Å². The Hall–Kier alpha value is -2.01. The van der Waals surface area contributed by atoms with E-state index in [4.69, 9.17) is 25.6 Å². The van der Waals surface area contributed by atoms with Gasteiger partial charge in [-0.2, -0.15) is 0 Å². The van der Waals surface area contributed by atoms with Gasteiger partial charge in [-0.1, -0.05) is 16.8 Å². The molecule has 0 fully saturated rings. The van der Waals surface area contributed by atoms with Gasteiger partial charge in [0.05, 0.1) is 22.9 Å². The van der Waals surface area contributed by atoms with E-state index in [2.05, 4.69) is 10.1 Å². The zero-order chi connectivity index (χ0) is 17.9. The van der Waals surface area contributed by atoms with Crippen molar-refractivity contribution in [2.75, 3.05) is 13.2 Å². The highest BCUT2D eigenvalue weighted by atomic mass is 35.5. The SMILES string of the molecule is Cc1cc(CCCCOc2ccc(C3=NC(C)(C)CO3)cc2Cl)on1. The third-order valence-corrected chi connectivity index (χ3v) is 4.19. The first kappa shape index (κ1) is 17.8. The van der Waals surface area contributed by atoms with Crippen LogP contribution in [-0.4, -0.2) is 29.8 Å². The van der Waals surface area contributed by atoms with Crippen LogP contribution in [0.5, 0.6) is 5.75 Å². The minimum absolute atomic E-state index is 0.182. The fourth-order valence-corrected chi connectivity index (χ4v) is 2.84. The van der Waals surface area contributed by atoms with Gasteiger partial charge in [-0.25, -0.2) is 4.99 Å². The second-order valence-electron chi connectivity index (χ2n) is 6.90. The molecular formula is C19H23ClN2O3. The van der Waals surface area contributed by atoms with E-state index in [1.165, 1.54) is 0 Å². The summed E-state index contributed by atoms with van der Waals surface area (Å²) in [6, 6.07) is 7.60. The van der Waals surface area contributed by atoms with Gasteiger partial charge >= 0.3 is 0 Å². The first-order chi connectivity index (χ1) is 11.9. The van der Waals surface area contributed by atoms with Crippen LogP contribution >= 0.6 is 11.6 Å². The molecule has 134 valence electrons. The quantitative estimate of drug-likeness (QED) is 0.676. The lowest BCUT2D eigenvalue weighted by Gasteiger charge is -2.09. The van der Waals surface area contributed by atoms with Gasteiger partial charge in [0.25, 0.3) is 0 Å². The molecular weight excluding hydrogens is 340 g/mol. The number of unbranched alkanes of at least 4 members (excludes halogenated alkanes) is 1. The van der Waals surface area contributed by atoms with Gasteiger partial charge in [-0.05, 0) is 51.8 Å². The van der Waals surface area contributed by atoms with Gasteiger partial charge in [-0.3, -0.25) is 0 Å². The number of halogens is 1. The van der Waals surface area contributed by atoms with Crippen LogP contribution < -0.4 is 4.74 Å². The van der Waals surface area contributed by atoms with Gasteiger partial charge in [0.15, 0.2) is 0 Å². The molecule has 2 heterocycles. The van der Waals surface area contributed by atoms with Crippen LogP contribution in [0.25, 0.3) is 0 Å². The molecule has 6 heteroatoms. The molecule has 0 amide bonds. The zero-order valence-electron chi connectivity index (χ0n) is 14.8. The van der Waals surface area contributed by atoms with Crippen molar-refractivity contribution in [1.29, 1.82) is 0 Å². The first-order valence-electron chi connectivity index (χ1n) is 8.50. The molecule has 3 rings (SSSR count). The summed E-state index contributed by atoms with van der Waals surface area (Å²) in [5.41, 5.74) is 1.61. The number of benzene rings is 1. The number of aryl methyl sites for hydroxylation is 2. The van der Waals surface area contributed by atoms with Crippen molar-refractivity contribution in [1.82, 2.24) is 5.16 Å². The van der Waals surface area contributed by atoms with E-state index in [-0.39, 0.29) is 5.54 Å². The molecule has 0 radical (unpaired) electrons. The molecule has 1 aliphatic heterocycles. The minimum Gasteiger partial charge on any atom is -0.492 e. The van der Waals surface area contributed by atoms with E-state index in [9.17, 15) is 0 Å². The van der Waals surface area contributed by atoms with Crippen molar-refractivity contribution in [2.45, 2.75) is 45.6 Å². The number of ether oxygens (including phenoxy) is 2. The Bertz CT molecular complexity index is 768. The molecule has 0 N–H and O–H groups in total. The largest absolute Gasteiger partial charge is 0.492 e. The number of nitrogens with zero attached hydrogens (tertiary/aromatic N) is 2. The average molecular weight is 363 g/mol. The highest BCUT2D eigenvalue weighted by Gasteiger charge is 2.27. The zero-order valence-corrected chi connectivity index (χ0v) is 15.6. The normalized spacial score (nSPS) is 15.8. The van der Waals surface area contributed by atoms with Crippen LogP contribution in [-0.2, 0) is 11.2 Å². The van der Waals surface area contributed by atoms with Crippen molar-refractivity contribution in [3.05, 3.63) is 46.3 Å². The summed E-state index contributed by atoms with van der Waals surface area (Å²) in [7, 11) is 0. The molecule has 0 saturated heterocycles. The summed E-state index contributed by atoms with van der Waals surface area (Å²) in [4.78, 5) is 4.56. The van der Waals surface area contributed by atoms with Crippen LogP contribution in [0.2, 0.25) is 5.02 Å². The molecule has 1 aliphatic rings. The summed E-state index contributed by atoms with van der Waals surface area (Å²) in [6.07, 6.45) is 2.76. The van der Waals surface area contributed by atoms with Gasteiger partial charge in [-0.15, -0.1) is 0 Å². The topological polar surface area (TPSA) is 56.9 Å². The molecule has 0 spiro atoms. The molecule has 25 heavy (non-hydrogen) atoms. The summed E-state index contributed by atoms with van der Waals surface area (Å²) in [5, 5.41) is 4.45. The maximum atomic E-state index is 6.33. The second-order valence-corrected chi connectivity index (χ2v) is 7.31. The summed E-state index contributed by atoms with van der Waals surface area (Å²) >= 11 is 6.33. The molecule has 2 aromatic rings. The Balaban J connectivity index is 1.48. The smallest absolute Gasteiger partial charge is 0.216 e. The summed E-state index contributed by atoms with van der Waals surface area (Å²) < 4.78 is 16.6. The van der Waals surface area contributed by atoms with E-state index < -0.39 is 0 Å². The van der Waals surface area contributed by atoms with Gasteiger partial charge in [0.2, 0.25) is 5.90 Å². The number of aromatic nitrogens is 1. The lowest BCUT2D eigenvalue weighted by molar-refractivity contribution is 0.279. The monoisotopic (exact) mass is 362 g/mol. The van der Waals surface area contributed by atoms with Crippen LogP contribution in [0.3, 0.4) is 0 Å².